The fourth-order valence-corrected chi connectivity index (χ4v) is 1.15. The number of carbonyl (C=O) groups is 1. The largest absolute Gasteiger partial charge is 0.466 e. The summed E-state index contributed by atoms with van der Waals surface area (Å²) >= 11 is 0. The van der Waals surface area contributed by atoms with Gasteiger partial charge in [0.05, 0.1) is 18.6 Å². The molecule has 0 aliphatic carbocycles. The molecule has 0 spiro atoms. The van der Waals surface area contributed by atoms with Crippen LogP contribution in [0.1, 0.15) is 26.7 Å². The van der Waals surface area contributed by atoms with Gasteiger partial charge in [-0.3, -0.25) is 4.79 Å². The van der Waals surface area contributed by atoms with E-state index in [-0.39, 0.29) is 5.97 Å². The molecule has 0 bridgehead atoms. The lowest BCUT2D eigenvalue weighted by atomic mass is 9.97. The van der Waals surface area contributed by atoms with E-state index in [1.54, 1.807) is 6.92 Å². The van der Waals surface area contributed by atoms with Crippen molar-refractivity contribution >= 4 is 5.97 Å². The Hall–Kier alpha value is -0.830. The average Bonchev–Trinajstić information content (AvgIpc) is 2.13. The van der Waals surface area contributed by atoms with Gasteiger partial charge in [0.2, 0.25) is 0 Å². The Morgan fingerprint density at radius 3 is 2.62 bits per heavy atom. The Kier molecular flexibility index (Phi) is 6.24. The first-order chi connectivity index (χ1) is 6.17. The highest BCUT2D eigenvalue weighted by Crippen LogP contribution is 2.14. The van der Waals surface area contributed by atoms with E-state index in [1.807, 2.05) is 6.92 Å². The standard InChI is InChI=1S/C10H18O3/c1-4-7-8(9(11)5-2)10(12)13-6-3/h5,8-9,11H,2,4,6-7H2,1,3H3/t8-,9+/m1/s1. The minimum atomic E-state index is -0.793. The summed E-state index contributed by atoms with van der Waals surface area (Å²) in [5.74, 6) is -0.792. The number of hydrogen-bond donors (Lipinski definition) is 1. The molecule has 0 aromatic carbocycles. The molecule has 0 unspecified atom stereocenters. The third-order valence-corrected chi connectivity index (χ3v) is 1.84. The molecular weight excluding hydrogens is 168 g/mol. The van der Waals surface area contributed by atoms with E-state index in [0.717, 1.165) is 6.42 Å². The summed E-state index contributed by atoms with van der Waals surface area (Å²) in [6, 6.07) is 0. The van der Waals surface area contributed by atoms with Gasteiger partial charge < -0.3 is 9.84 Å². The molecular formula is C10H18O3. The van der Waals surface area contributed by atoms with Gasteiger partial charge in [0, 0.05) is 0 Å². The van der Waals surface area contributed by atoms with Crippen molar-refractivity contribution in [3.63, 3.8) is 0 Å². The molecule has 0 saturated carbocycles. The summed E-state index contributed by atoms with van der Waals surface area (Å²) in [5, 5.41) is 9.43. The van der Waals surface area contributed by atoms with E-state index in [9.17, 15) is 9.90 Å². The van der Waals surface area contributed by atoms with E-state index in [0.29, 0.717) is 13.0 Å². The molecule has 0 aliphatic heterocycles. The monoisotopic (exact) mass is 186 g/mol. The zero-order valence-electron chi connectivity index (χ0n) is 8.32. The summed E-state index contributed by atoms with van der Waals surface area (Å²) in [4.78, 5) is 11.3. The lowest BCUT2D eigenvalue weighted by Crippen LogP contribution is -2.28. The smallest absolute Gasteiger partial charge is 0.311 e. The second kappa shape index (κ2) is 6.66. The molecule has 2 atom stereocenters. The van der Waals surface area contributed by atoms with Crippen LogP contribution < -0.4 is 0 Å². The minimum absolute atomic E-state index is 0.336. The molecule has 0 radical (unpaired) electrons. The molecule has 0 amide bonds. The van der Waals surface area contributed by atoms with Crippen molar-refractivity contribution < 1.29 is 14.6 Å². The van der Waals surface area contributed by atoms with E-state index in [2.05, 4.69) is 6.58 Å². The number of aliphatic hydroxyl groups excluding tert-OH is 1. The lowest BCUT2D eigenvalue weighted by Gasteiger charge is -2.17. The second-order valence-electron chi connectivity index (χ2n) is 2.87. The molecule has 13 heavy (non-hydrogen) atoms. The fraction of sp³-hybridized carbons (Fsp3) is 0.700. The molecule has 1 N–H and O–H groups in total. The van der Waals surface area contributed by atoms with Gasteiger partial charge >= 0.3 is 5.97 Å². The maximum absolute atomic E-state index is 11.3. The van der Waals surface area contributed by atoms with Crippen LogP contribution in [0.3, 0.4) is 0 Å². The Bertz CT molecular complexity index is 166. The molecule has 0 heterocycles. The van der Waals surface area contributed by atoms with E-state index in [4.69, 9.17) is 4.74 Å². The summed E-state index contributed by atoms with van der Waals surface area (Å²) in [5.41, 5.74) is 0. The van der Waals surface area contributed by atoms with E-state index >= 15 is 0 Å². The van der Waals surface area contributed by atoms with Gasteiger partial charge in [-0.1, -0.05) is 19.4 Å². The molecule has 0 rings (SSSR count). The van der Waals surface area contributed by atoms with Crippen LogP contribution in [0, 0.1) is 5.92 Å². The van der Waals surface area contributed by atoms with Gasteiger partial charge in [0.1, 0.15) is 0 Å². The van der Waals surface area contributed by atoms with Crippen molar-refractivity contribution in [1.82, 2.24) is 0 Å². The predicted octanol–water partition coefficient (Wildman–Crippen LogP) is 1.51. The predicted molar refractivity (Wildman–Crippen MR) is 51.2 cm³/mol. The first kappa shape index (κ1) is 12.2. The molecule has 0 fully saturated rings. The molecule has 76 valence electrons. The molecule has 3 nitrogen and oxygen atoms in total. The molecule has 0 saturated heterocycles. The second-order valence-corrected chi connectivity index (χ2v) is 2.87. The van der Waals surface area contributed by atoms with Crippen LogP contribution >= 0.6 is 0 Å². The Labute approximate surface area is 79.4 Å². The lowest BCUT2D eigenvalue weighted by molar-refractivity contribution is -0.151. The van der Waals surface area contributed by atoms with Crippen molar-refractivity contribution in [2.45, 2.75) is 32.8 Å². The van der Waals surface area contributed by atoms with Crippen LogP contribution in [0.15, 0.2) is 12.7 Å². The highest BCUT2D eigenvalue weighted by Gasteiger charge is 2.24. The van der Waals surface area contributed by atoms with Gasteiger partial charge in [0.15, 0.2) is 0 Å². The van der Waals surface area contributed by atoms with Crippen molar-refractivity contribution in [3.05, 3.63) is 12.7 Å². The van der Waals surface area contributed by atoms with Gasteiger partial charge in [0.25, 0.3) is 0 Å². The van der Waals surface area contributed by atoms with Crippen molar-refractivity contribution in [3.8, 4) is 0 Å². The Balaban J connectivity index is 4.21. The minimum Gasteiger partial charge on any atom is -0.466 e. The van der Waals surface area contributed by atoms with E-state index < -0.39 is 12.0 Å². The highest BCUT2D eigenvalue weighted by molar-refractivity contribution is 5.73. The van der Waals surface area contributed by atoms with Gasteiger partial charge in [-0.25, -0.2) is 0 Å². The molecule has 0 aliphatic rings. The zero-order chi connectivity index (χ0) is 10.3. The molecule has 3 heteroatoms. The van der Waals surface area contributed by atoms with Crippen molar-refractivity contribution in [1.29, 1.82) is 0 Å². The average molecular weight is 186 g/mol. The van der Waals surface area contributed by atoms with Crippen LogP contribution in [0.2, 0.25) is 0 Å². The Morgan fingerprint density at radius 1 is 1.62 bits per heavy atom. The van der Waals surface area contributed by atoms with Gasteiger partial charge in [-0.05, 0) is 13.3 Å². The van der Waals surface area contributed by atoms with Crippen molar-refractivity contribution in [2.24, 2.45) is 5.92 Å². The SMILES string of the molecule is C=C[C@H](O)[C@@H](CCC)C(=O)OCC. The topological polar surface area (TPSA) is 46.5 Å². The van der Waals surface area contributed by atoms with Crippen LogP contribution in [-0.4, -0.2) is 23.8 Å². The third kappa shape index (κ3) is 4.08. The summed E-state index contributed by atoms with van der Waals surface area (Å²) in [6.07, 6.45) is 2.05. The van der Waals surface area contributed by atoms with Crippen LogP contribution in [-0.2, 0) is 9.53 Å². The number of rotatable bonds is 6. The summed E-state index contributed by atoms with van der Waals surface area (Å²) in [7, 11) is 0. The van der Waals surface area contributed by atoms with Gasteiger partial charge in [-0.15, -0.1) is 6.58 Å². The van der Waals surface area contributed by atoms with E-state index in [1.165, 1.54) is 6.08 Å². The number of ether oxygens (including phenoxy) is 1. The zero-order valence-corrected chi connectivity index (χ0v) is 8.32. The van der Waals surface area contributed by atoms with Gasteiger partial charge in [-0.2, -0.15) is 0 Å². The fourth-order valence-electron chi connectivity index (χ4n) is 1.15. The number of esters is 1. The first-order valence-electron chi connectivity index (χ1n) is 4.64. The maximum Gasteiger partial charge on any atom is 0.311 e. The first-order valence-corrected chi connectivity index (χ1v) is 4.64. The molecule has 0 aromatic rings. The normalized spacial score (nSPS) is 14.7. The van der Waals surface area contributed by atoms with Crippen LogP contribution in [0.4, 0.5) is 0 Å². The quantitative estimate of drug-likeness (QED) is 0.505. The third-order valence-electron chi connectivity index (χ3n) is 1.84. The Morgan fingerprint density at radius 2 is 2.23 bits per heavy atom. The van der Waals surface area contributed by atoms with Crippen LogP contribution in [0.25, 0.3) is 0 Å². The number of aliphatic hydroxyl groups is 1. The number of carbonyl (C=O) groups excluding carboxylic acids is 1. The van der Waals surface area contributed by atoms with Crippen molar-refractivity contribution in [2.75, 3.05) is 6.61 Å². The highest BCUT2D eigenvalue weighted by atomic mass is 16.5. The molecule has 0 aromatic heterocycles. The van der Waals surface area contributed by atoms with Crippen LogP contribution in [0.5, 0.6) is 0 Å². The summed E-state index contributed by atoms with van der Waals surface area (Å²) in [6.45, 7) is 7.51. The maximum atomic E-state index is 11.3. The summed E-state index contributed by atoms with van der Waals surface area (Å²) < 4.78 is 4.83. The number of hydrogen-bond acceptors (Lipinski definition) is 3.